The largest absolute Gasteiger partial charge is 0.457 e. The summed E-state index contributed by atoms with van der Waals surface area (Å²) in [5.41, 5.74) is 11.5. The number of ether oxygens (including phenoxy) is 1. The van der Waals surface area contributed by atoms with E-state index in [4.69, 9.17) is 16.2 Å². The van der Waals surface area contributed by atoms with Gasteiger partial charge in [0, 0.05) is 6.07 Å². The predicted molar refractivity (Wildman–Crippen MR) is 154 cm³/mol. The number of sulfonamides is 2. The third kappa shape index (κ3) is 6.00. The van der Waals surface area contributed by atoms with Crippen molar-refractivity contribution in [2.24, 2.45) is 11.5 Å². The lowest BCUT2D eigenvalue weighted by Crippen LogP contribution is -2.45. The van der Waals surface area contributed by atoms with Crippen LogP contribution in [0.4, 0.5) is 21.0 Å². The topological polar surface area (TPSA) is 170 Å². The average molecular weight is 595 g/mol. The molecule has 0 saturated heterocycles. The predicted octanol–water partition coefficient (Wildman–Crippen LogP) is 4.64. The number of urea groups is 2. The smallest absolute Gasteiger partial charge is 0.333 e. The Kier molecular flexibility index (Phi) is 8.03. The zero-order chi connectivity index (χ0) is 29.9. The Morgan fingerprint density at radius 2 is 1.02 bits per heavy atom. The first-order valence-corrected chi connectivity index (χ1v) is 14.9. The number of hydrogen-bond donors (Lipinski definition) is 2. The Bertz CT molecular complexity index is 1810. The van der Waals surface area contributed by atoms with Crippen molar-refractivity contribution in [3.8, 4) is 11.5 Å². The molecule has 4 N–H and O–H groups in total. The van der Waals surface area contributed by atoms with Crippen LogP contribution in [0.2, 0.25) is 0 Å². The van der Waals surface area contributed by atoms with Gasteiger partial charge in [0.1, 0.15) is 11.5 Å². The van der Waals surface area contributed by atoms with Crippen molar-refractivity contribution in [2.75, 3.05) is 8.61 Å². The number of carbonyl (C=O) groups is 2. The molecule has 4 amide bonds. The fourth-order valence-corrected chi connectivity index (χ4v) is 6.56. The average Bonchev–Trinajstić information content (AvgIpc) is 2.90. The van der Waals surface area contributed by atoms with Crippen LogP contribution in [0.3, 0.4) is 0 Å². The van der Waals surface area contributed by atoms with E-state index in [1.165, 1.54) is 54.6 Å². The molecule has 0 aliphatic rings. The quantitative estimate of drug-likeness (QED) is 0.299. The fraction of sp³-hybridized carbons (Fsp3) is 0.0714. The van der Waals surface area contributed by atoms with Crippen molar-refractivity contribution in [1.82, 2.24) is 0 Å². The summed E-state index contributed by atoms with van der Waals surface area (Å²) in [6.07, 6.45) is 0. The zero-order valence-electron chi connectivity index (χ0n) is 22.0. The molecule has 0 fully saturated rings. The molecule has 0 bridgehead atoms. The van der Waals surface area contributed by atoms with Gasteiger partial charge in [0.05, 0.1) is 21.2 Å². The van der Waals surface area contributed by atoms with Gasteiger partial charge in [0.2, 0.25) is 0 Å². The van der Waals surface area contributed by atoms with E-state index in [0.29, 0.717) is 5.75 Å². The van der Waals surface area contributed by atoms with E-state index in [1.807, 2.05) is 0 Å². The standard InChI is InChI=1S/C28H26N4O7S2/c1-19-8-13-23(14-9-19)40(35,36)31(27(29)33)25-17-12-22(39-21-6-4-3-5-7-21)18-26(25)32(28(30)34)41(37,38)24-15-10-20(2)11-16-24/h3-18H,1-2H3,(H2,29,33)(H2,30,34). The second-order valence-electron chi connectivity index (χ2n) is 8.91. The van der Waals surface area contributed by atoms with Gasteiger partial charge < -0.3 is 16.2 Å². The summed E-state index contributed by atoms with van der Waals surface area (Å²) < 4.78 is 61.1. The van der Waals surface area contributed by atoms with Gasteiger partial charge in [-0.15, -0.1) is 0 Å². The molecular weight excluding hydrogens is 568 g/mol. The molecule has 0 spiro atoms. The number of amides is 4. The Hall–Kier alpha value is -4.88. The number of rotatable bonds is 8. The highest BCUT2D eigenvalue weighted by Crippen LogP contribution is 2.40. The highest BCUT2D eigenvalue weighted by atomic mass is 32.2. The third-order valence-electron chi connectivity index (χ3n) is 5.88. The van der Waals surface area contributed by atoms with E-state index >= 15 is 0 Å². The first-order chi connectivity index (χ1) is 19.3. The lowest BCUT2D eigenvalue weighted by molar-refractivity contribution is 0.255. The number of benzene rings is 4. The molecule has 0 saturated carbocycles. The molecule has 41 heavy (non-hydrogen) atoms. The van der Waals surface area contributed by atoms with Crippen LogP contribution >= 0.6 is 0 Å². The maximum atomic E-state index is 13.8. The first kappa shape index (κ1) is 29.1. The second-order valence-corrected chi connectivity index (χ2v) is 12.5. The summed E-state index contributed by atoms with van der Waals surface area (Å²) in [4.78, 5) is 24.9. The van der Waals surface area contributed by atoms with Crippen LogP contribution in [-0.4, -0.2) is 28.9 Å². The number of nitrogens with two attached hydrogens (primary N) is 2. The monoisotopic (exact) mass is 594 g/mol. The summed E-state index contributed by atoms with van der Waals surface area (Å²) in [6.45, 7) is 3.48. The Labute approximate surface area is 237 Å². The van der Waals surface area contributed by atoms with Crippen LogP contribution in [0.5, 0.6) is 11.5 Å². The van der Waals surface area contributed by atoms with E-state index in [2.05, 4.69) is 0 Å². The molecular formula is C28H26N4O7S2. The van der Waals surface area contributed by atoms with Gasteiger partial charge in [-0.1, -0.05) is 53.6 Å². The lowest BCUT2D eigenvalue weighted by atomic mass is 10.2. The normalized spacial score (nSPS) is 11.5. The molecule has 0 atom stereocenters. The van der Waals surface area contributed by atoms with E-state index in [9.17, 15) is 26.4 Å². The van der Waals surface area contributed by atoms with Crippen molar-refractivity contribution in [2.45, 2.75) is 23.6 Å². The SMILES string of the molecule is Cc1ccc(S(=O)(=O)N(C(N)=O)c2ccc(Oc3ccccc3)cc2N(C(N)=O)S(=O)(=O)c2ccc(C)cc2)cc1. The number of carbonyl (C=O) groups excluding carboxylic acids is 2. The molecule has 0 heterocycles. The van der Waals surface area contributed by atoms with E-state index in [1.54, 1.807) is 44.2 Å². The maximum Gasteiger partial charge on any atom is 0.333 e. The van der Waals surface area contributed by atoms with E-state index < -0.39 is 43.5 Å². The van der Waals surface area contributed by atoms with Crippen LogP contribution in [-0.2, 0) is 20.0 Å². The highest BCUT2D eigenvalue weighted by molar-refractivity contribution is 7.94. The van der Waals surface area contributed by atoms with Gasteiger partial charge in [-0.25, -0.2) is 26.4 Å². The van der Waals surface area contributed by atoms with Gasteiger partial charge in [-0.3, -0.25) is 0 Å². The molecule has 0 radical (unpaired) electrons. The Morgan fingerprint density at radius 1 is 0.585 bits per heavy atom. The van der Waals surface area contributed by atoms with Gasteiger partial charge in [-0.05, 0) is 62.4 Å². The fourth-order valence-electron chi connectivity index (χ4n) is 3.89. The molecule has 13 heteroatoms. The van der Waals surface area contributed by atoms with Crippen LogP contribution in [0, 0.1) is 13.8 Å². The van der Waals surface area contributed by atoms with Crippen molar-refractivity contribution in [3.63, 3.8) is 0 Å². The van der Waals surface area contributed by atoms with Crippen molar-refractivity contribution >= 4 is 43.5 Å². The maximum absolute atomic E-state index is 13.8. The molecule has 0 aliphatic carbocycles. The number of para-hydroxylation sites is 1. The molecule has 0 unspecified atom stereocenters. The van der Waals surface area contributed by atoms with Crippen molar-refractivity contribution in [3.05, 3.63) is 108 Å². The molecule has 4 aromatic carbocycles. The lowest BCUT2D eigenvalue weighted by Gasteiger charge is -2.28. The number of primary amides is 2. The third-order valence-corrected chi connectivity index (χ3v) is 9.33. The summed E-state index contributed by atoms with van der Waals surface area (Å²) in [6, 6.07) is 20.1. The van der Waals surface area contributed by atoms with Gasteiger partial charge in [0.25, 0.3) is 20.0 Å². The van der Waals surface area contributed by atoms with Crippen LogP contribution < -0.4 is 24.8 Å². The molecule has 4 aromatic rings. The molecule has 212 valence electrons. The van der Waals surface area contributed by atoms with Crippen LogP contribution in [0.25, 0.3) is 0 Å². The molecule has 11 nitrogen and oxygen atoms in total. The Morgan fingerprint density at radius 3 is 1.46 bits per heavy atom. The molecule has 0 aliphatic heterocycles. The summed E-state index contributed by atoms with van der Waals surface area (Å²) >= 11 is 0. The summed E-state index contributed by atoms with van der Waals surface area (Å²) in [5.74, 6) is 0.370. The summed E-state index contributed by atoms with van der Waals surface area (Å²) in [7, 11) is -9.42. The van der Waals surface area contributed by atoms with Crippen LogP contribution in [0.1, 0.15) is 11.1 Å². The first-order valence-electron chi connectivity index (χ1n) is 12.0. The second kappa shape index (κ2) is 11.3. The summed E-state index contributed by atoms with van der Waals surface area (Å²) in [5, 5.41) is 0. The molecule has 0 aromatic heterocycles. The number of aryl methyl sites for hydroxylation is 2. The van der Waals surface area contributed by atoms with E-state index in [-0.39, 0.29) is 24.2 Å². The van der Waals surface area contributed by atoms with E-state index in [0.717, 1.165) is 23.3 Å². The minimum Gasteiger partial charge on any atom is -0.457 e. The van der Waals surface area contributed by atoms with Gasteiger partial charge >= 0.3 is 12.1 Å². The Balaban J connectivity index is 1.98. The van der Waals surface area contributed by atoms with Crippen LogP contribution in [0.15, 0.2) is 107 Å². The minimum atomic E-state index is -4.73. The highest BCUT2D eigenvalue weighted by Gasteiger charge is 2.38. The number of anilines is 2. The van der Waals surface area contributed by atoms with Gasteiger partial charge in [0.15, 0.2) is 0 Å². The number of hydrogen-bond acceptors (Lipinski definition) is 7. The minimum absolute atomic E-state index is 0.0115. The van der Waals surface area contributed by atoms with Crippen molar-refractivity contribution in [1.29, 1.82) is 0 Å². The van der Waals surface area contributed by atoms with Gasteiger partial charge in [-0.2, -0.15) is 8.61 Å². The molecule has 4 rings (SSSR count). The van der Waals surface area contributed by atoms with Crippen molar-refractivity contribution < 1.29 is 31.2 Å². The number of nitrogens with zero attached hydrogens (tertiary/aromatic N) is 2. The zero-order valence-corrected chi connectivity index (χ0v) is 23.6.